The molecule has 1 aromatic rings. The van der Waals surface area contributed by atoms with Crippen LogP contribution in [0, 0.1) is 11.7 Å². The summed E-state index contributed by atoms with van der Waals surface area (Å²) in [4.78, 5) is 16.8. The van der Waals surface area contributed by atoms with E-state index >= 15 is 0 Å². The smallest absolute Gasteiger partial charge is 0.270 e. The minimum Gasteiger partial charge on any atom is -0.387 e. The predicted molar refractivity (Wildman–Crippen MR) is 178 cm³/mol. The minimum atomic E-state index is -0.583. The minimum absolute atomic E-state index is 0.00452. The zero-order valence-corrected chi connectivity index (χ0v) is 27.8. The molecule has 1 amide bonds. The number of nitrogens with one attached hydrogen (secondary N) is 1. The number of halogens is 2. The molecule has 1 saturated heterocycles. The first-order chi connectivity index (χ1) is 20.0. The van der Waals surface area contributed by atoms with Crippen LogP contribution in [0.1, 0.15) is 87.0 Å². The second-order valence-corrected chi connectivity index (χ2v) is 11.0. The Morgan fingerprint density at radius 1 is 1.19 bits per heavy atom. The molecular weight excluding hydrogens is 549 g/mol. The molecule has 0 bridgehead atoms. The molecule has 2 heterocycles. The van der Waals surface area contributed by atoms with E-state index in [4.69, 9.17) is 11.6 Å². The van der Waals surface area contributed by atoms with Crippen molar-refractivity contribution in [3.8, 4) is 0 Å². The first-order valence-corrected chi connectivity index (χ1v) is 15.7. The third-order valence-corrected chi connectivity index (χ3v) is 6.86. The highest BCUT2D eigenvalue weighted by atomic mass is 35.5. The van der Waals surface area contributed by atoms with Gasteiger partial charge in [0.25, 0.3) is 5.91 Å². The molecule has 2 aliphatic rings. The molecule has 2 N–H and O–H groups in total. The number of piperidine rings is 1. The topological polar surface area (TPSA) is 55.8 Å². The fourth-order valence-electron chi connectivity index (χ4n) is 3.80. The standard InChI is InChI=1S/C21H31N3O2.C6H4ClF.2C4H10/c1-6-18-11-8-12-19(24(18)7-2)21(26)23-13-9-10-17(14-23)22-16(5)20(25)15(3)4;7-5-2-1-3-6(8)4-5;2*1-3-4-2/h6-8,11-12,15,17,20,22,25H,2,5,9-10,13-14H2,1,3-4H3;1-4H;2*3-4H2,1-2H3/b18-6-;;;. The maximum absolute atomic E-state index is 13.1. The van der Waals surface area contributed by atoms with E-state index in [0.717, 1.165) is 25.1 Å². The van der Waals surface area contributed by atoms with Gasteiger partial charge in [-0.25, -0.2) is 4.39 Å². The number of likely N-dealkylation sites (tertiary alicyclic amines) is 1. The Balaban J connectivity index is 0.000000853. The van der Waals surface area contributed by atoms with Crippen LogP contribution in [0.5, 0.6) is 0 Å². The molecule has 7 heteroatoms. The average molecular weight is 604 g/mol. The highest BCUT2D eigenvalue weighted by Crippen LogP contribution is 2.23. The normalized spacial score (nSPS) is 17.5. The molecular formula is C35H55ClFN3O2. The number of aliphatic hydroxyl groups is 1. The molecule has 236 valence electrons. The maximum atomic E-state index is 13.1. The van der Waals surface area contributed by atoms with E-state index in [-0.39, 0.29) is 23.7 Å². The Morgan fingerprint density at radius 3 is 2.26 bits per heavy atom. The van der Waals surface area contributed by atoms with E-state index in [2.05, 4.69) is 46.2 Å². The lowest BCUT2D eigenvalue weighted by molar-refractivity contribution is -0.129. The Morgan fingerprint density at radius 2 is 1.81 bits per heavy atom. The number of benzene rings is 1. The fourth-order valence-corrected chi connectivity index (χ4v) is 3.98. The first-order valence-electron chi connectivity index (χ1n) is 15.3. The van der Waals surface area contributed by atoms with Gasteiger partial charge in [0.1, 0.15) is 11.5 Å². The van der Waals surface area contributed by atoms with Crippen molar-refractivity contribution in [1.29, 1.82) is 0 Å². The second kappa shape index (κ2) is 22.7. The van der Waals surface area contributed by atoms with Gasteiger partial charge in [-0.2, -0.15) is 0 Å². The Bertz CT molecular complexity index is 1010. The Labute approximate surface area is 260 Å². The molecule has 0 saturated carbocycles. The van der Waals surface area contributed by atoms with Crippen LogP contribution in [0.25, 0.3) is 0 Å². The summed E-state index contributed by atoms with van der Waals surface area (Å²) in [6.07, 6.45) is 15.9. The highest BCUT2D eigenvalue weighted by Gasteiger charge is 2.29. The summed E-state index contributed by atoms with van der Waals surface area (Å²) in [7, 11) is 0. The lowest BCUT2D eigenvalue weighted by atomic mass is 10.0. The van der Waals surface area contributed by atoms with Gasteiger partial charge in [0.05, 0.1) is 6.10 Å². The van der Waals surface area contributed by atoms with Crippen molar-refractivity contribution in [1.82, 2.24) is 15.1 Å². The van der Waals surface area contributed by atoms with Gasteiger partial charge in [-0.05, 0) is 56.0 Å². The summed E-state index contributed by atoms with van der Waals surface area (Å²) in [6, 6.07) is 5.92. The Kier molecular flexibility index (Phi) is 21.2. The van der Waals surface area contributed by atoms with Crippen LogP contribution in [0.4, 0.5) is 4.39 Å². The summed E-state index contributed by atoms with van der Waals surface area (Å²) in [5.41, 5.74) is 2.17. The highest BCUT2D eigenvalue weighted by molar-refractivity contribution is 6.30. The van der Waals surface area contributed by atoms with Crippen LogP contribution in [0.15, 0.2) is 85.0 Å². The summed E-state index contributed by atoms with van der Waals surface area (Å²) < 4.78 is 12.1. The van der Waals surface area contributed by atoms with Crippen LogP contribution in [-0.2, 0) is 4.79 Å². The SMILES string of the molecule is C=CN1C(C(=O)N2CCCC(NC(=C)C(O)C(C)C)C2)=CC=C/C1=C/C.CCCC.CCCC.Fc1cccc(Cl)c1. The van der Waals surface area contributed by atoms with Crippen molar-refractivity contribution >= 4 is 17.5 Å². The number of carbonyl (C=O) groups excluding carboxylic acids is 1. The second-order valence-electron chi connectivity index (χ2n) is 10.6. The molecule has 5 nitrogen and oxygen atoms in total. The molecule has 42 heavy (non-hydrogen) atoms. The van der Waals surface area contributed by atoms with E-state index in [1.54, 1.807) is 18.3 Å². The predicted octanol–water partition coefficient (Wildman–Crippen LogP) is 8.99. The summed E-state index contributed by atoms with van der Waals surface area (Å²) in [6.45, 7) is 23.7. The molecule has 3 rings (SSSR count). The zero-order valence-electron chi connectivity index (χ0n) is 27.0. The first kappa shape index (κ1) is 39.2. The molecule has 2 unspecified atom stereocenters. The van der Waals surface area contributed by atoms with Gasteiger partial charge in [-0.3, -0.25) is 4.79 Å². The quantitative estimate of drug-likeness (QED) is 0.311. The lowest BCUT2D eigenvalue weighted by Gasteiger charge is -2.37. The summed E-state index contributed by atoms with van der Waals surface area (Å²) in [5.74, 6) is -0.191. The van der Waals surface area contributed by atoms with Gasteiger partial charge < -0.3 is 20.2 Å². The fraction of sp³-hybridized carbons (Fsp3) is 0.514. The average Bonchev–Trinajstić information content (AvgIpc) is 3.00. The number of rotatable bonds is 8. The van der Waals surface area contributed by atoms with Crippen LogP contribution >= 0.6 is 11.6 Å². The number of hydrogen-bond donors (Lipinski definition) is 2. The van der Waals surface area contributed by atoms with Gasteiger partial charge in [0.2, 0.25) is 0 Å². The van der Waals surface area contributed by atoms with Crippen molar-refractivity contribution in [3.05, 3.63) is 95.9 Å². The number of allylic oxidation sites excluding steroid dienone is 4. The number of nitrogens with zero attached hydrogens (tertiary/aromatic N) is 2. The molecule has 0 spiro atoms. The molecule has 1 aromatic carbocycles. The van der Waals surface area contributed by atoms with Gasteiger partial charge in [-0.15, -0.1) is 0 Å². The molecule has 1 fully saturated rings. The largest absolute Gasteiger partial charge is 0.387 e. The van der Waals surface area contributed by atoms with Crippen LogP contribution < -0.4 is 5.32 Å². The third kappa shape index (κ3) is 14.9. The molecule has 0 aromatic heterocycles. The van der Waals surface area contributed by atoms with E-state index in [1.807, 2.05) is 54.9 Å². The number of amides is 1. The van der Waals surface area contributed by atoms with Crippen molar-refractivity contribution in [2.24, 2.45) is 5.92 Å². The molecule has 2 aliphatic heterocycles. The molecule has 0 radical (unpaired) electrons. The van der Waals surface area contributed by atoms with Crippen molar-refractivity contribution in [2.45, 2.75) is 99.1 Å². The number of unbranched alkanes of at least 4 members (excludes halogenated alkanes) is 2. The molecule has 0 aliphatic carbocycles. The van der Waals surface area contributed by atoms with Crippen LogP contribution in [0.3, 0.4) is 0 Å². The van der Waals surface area contributed by atoms with Crippen molar-refractivity contribution in [2.75, 3.05) is 13.1 Å². The van der Waals surface area contributed by atoms with Crippen molar-refractivity contribution in [3.63, 3.8) is 0 Å². The lowest BCUT2D eigenvalue weighted by Crippen LogP contribution is -2.50. The zero-order chi connectivity index (χ0) is 32.1. The summed E-state index contributed by atoms with van der Waals surface area (Å²) >= 11 is 5.40. The monoisotopic (exact) mass is 603 g/mol. The van der Waals surface area contributed by atoms with Gasteiger partial charge in [-0.1, -0.05) is 110 Å². The van der Waals surface area contributed by atoms with E-state index in [9.17, 15) is 14.3 Å². The van der Waals surface area contributed by atoms with E-state index in [1.165, 1.54) is 37.8 Å². The van der Waals surface area contributed by atoms with Crippen LogP contribution in [0.2, 0.25) is 5.02 Å². The Hall–Kier alpha value is -2.83. The number of aliphatic hydroxyl groups excluding tert-OH is 1. The van der Waals surface area contributed by atoms with Gasteiger partial charge in [0.15, 0.2) is 0 Å². The summed E-state index contributed by atoms with van der Waals surface area (Å²) in [5, 5.41) is 13.9. The van der Waals surface area contributed by atoms with Crippen LogP contribution in [-0.4, -0.2) is 46.0 Å². The van der Waals surface area contributed by atoms with E-state index < -0.39 is 6.10 Å². The van der Waals surface area contributed by atoms with Crippen molar-refractivity contribution < 1.29 is 14.3 Å². The molecule has 2 atom stereocenters. The number of hydrogen-bond acceptors (Lipinski definition) is 4. The maximum Gasteiger partial charge on any atom is 0.270 e. The van der Waals surface area contributed by atoms with Gasteiger partial charge in [0, 0.05) is 41.7 Å². The van der Waals surface area contributed by atoms with Gasteiger partial charge >= 0.3 is 0 Å². The number of carbonyl (C=O) groups is 1. The third-order valence-electron chi connectivity index (χ3n) is 6.63. The van der Waals surface area contributed by atoms with E-state index in [0.29, 0.717) is 23.0 Å².